The predicted molar refractivity (Wildman–Crippen MR) is 59.1 cm³/mol. The van der Waals surface area contributed by atoms with E-state index in [1.54, 1.807) is 12.3 Å². The summed E-state index contributed by atoms with van der Waals surface area (Å²) in [4.78, 5) is 14.3. The van der Waals surface area contributed by atoms with E-state index in [9.17, 15) is 10.1 Å². The first kappa shape index (κ1) is 11.9. The monoisotopic (exact) mass is 228 g/mol. The number of nitrogens with zero attached hydrogens (tertiary/aromatic N) is 2. The molecule has 15 heavy (non-hydrogen) atoms. The Balaban J connectivity index is 2.79. The van der Waals surface area contributed by atoms with Gasteiger partial charge in [0.15, 0.2) is 0 Å². The Hall–Kier alpha value is -1.16. The van der Waals surface area contributed by atoms with Crippen LogP contribution < -0.4 is 0 Å². The van der Waals surface area contributed by atoms with Gasteiger partial charge in [0, 0.05) is 24.1 Å². The number of halogens is 1. The fraction of sp³-hybridized carbons (Fsp3) is 0.500. The summed E-state index contributed by atoms with van der Waals surface area (Å²) in [6, 6.07) is 3.02. The summed E-state index contributed by atoms with van der Waals surface area (Å²) in [5, 5.41) is 10.6. The van der Waals surface area contributed by atoms with Gasteiger partial charge in [-0.2, -0.15) is 0 Å². The fourth-order valence-electron chi connectivity index (χ4n) is 1.38. The number of pyridine rings is 1. The topological polar surface area (TPSA) is 56.0 Å². The second-order valence-electron chi connectivity index (χ2n) is 3.32. The highest BCUT2D eigenvalue weighted by Crippen LogP contribution is 2.20. The molecule has 0 aliphatic heterocycles. The molecular weight excluding hydrogens is 216 g/mol. The Morgan fingerprint density at radius 3 is 3.00 bits per heavy atom. The van der Waals surface area contributed by atoms with E-state index in [4.69, 9.17) is 11.6 Å². The van der Waals surface area contributed by atoms with Gasteiger partial charge in [-0.15, -0.1) is 11.6 Å². The lowest BCUT2D eigenvalue weighted by Gasteiger charge is -2.06. The predicted octanol–water partition coefficient (Wildman–Crippen LogP) is 2.94. The molecule has 0 spiro atoms. The quantitative estimate of drug-likeness (QED) is 0.442. The zero-order chi connectivity index (χ0) is 11.3. The maximum Gasteiger partial charge on any atom is 0.290 e. The molecule has 0 saturated heterocycles. The van der Waals surface area contributed by atoms with Crippen molar-refractivity contribution in [2.75, 3.05) is 0 Å². The highest BCUT2D eigenvalue weighted by atomic mass is 35.5. The van der Waals surface area contributed by atoms with Crippen LogP contribution in [0.15, 0.2) is 18.3 Å². The van der Waals surface area contributed by atoms with Crippen molar-refractivity contribution in [1.82, 2.24) is 4.98 Å². The van der Waals surface area contributed by atoms with Crippen molar-refractivity contribution in [3.8, 4) is 0 Å². The van der Waals surface area contributed by atoms with Gasteiger partial charge in [-0.1, -0.05) is 13.3 Å². The van der Waals surface area contributed by atoms with Crippen LogP contribution >= 0.6 is 11.6 Å². The summed E-state index contributed by atoms with van der Waals surface area (Å²) in [6.45, 7) is 2.03. The maximum absolute atomic E-state index is 10.7. The molecule has 0 radical (unpaired) electrons. The van der Waals surface area contributed by atoms with Crippen molar-refractivity contribution >= 4 is 17.3 Å². The second kappa shape index (κ2) is 5.66. The Morgan fingerprint density at radius 1 is 1.67 bits per heavy atom. The van der Waals surface area contributed by atoms with E-state index < -0.39 is 4.92 Å². The zero-order valence-corrected chi connectivity index (χ0v) is 9.28. The molecule has 1 rings (SSSR count). The summed E-state index contributed by atoms with van der Waals surface area (Å²) < 4.78 is 0. The van der Waals surface area contributed by atoms with Crippen LogP contribution in [-0.4, -0.2) is 15.3 Å². The van der Waals surface area contributed by atoms with Crippen molar-refractivity contribution in [2.24, 2.45) is 0 Å². The molecule has 1 unspecified atom stereocenters. The minimum absolute atomic E-state index is 0.0549. The molecule has 1 aromatic heterocycles. The minimum atomic E-state index is -0.419. The molecule has 1 atom stereocenters. The first-order chi connectivity index (χ1) is 7.15. The molecule has 1 heterocycles. The molecule has 0 saturated carbocycles. The van der Waals surface area contributed by atoms with Crippen molar-refractivity contribution in [3.05, 3.63) is 34.1 Å². The molecule has 0 N–H and O–H groups in total. The van der Waals surface area contributed by atoms with Gasteiger partial charge in [0.05, 0.1) is 4.92 Å². The van der Waals surface area contributed by atoms with E-state index in [2.05, 4.69) is 4.98 Å². The Labute approximate surface area is 93.4 Å². The highest BCUT2D eigenvalue weighted by molar-refractivity contribution is 6.20. The first-order valence-corrected chi connectivity index (χ1v) is 5.31. The van der Waals surface area contributed by atoms with Crippen LogP contribution in [0.3, 0.4) is 0 Å². The average molecular weight is 229 g/mol. The number of aromatic nitrogens is 1. The largest absolute Gasteiger partial charge is 0.290 e. The van der Waals surface area contributed by atoms with Crippen LogP contribution in [0.25, 0.3) is 0 Å². The van der Waals surface area contributed by atoms with Crippen LogP contribution in [0.2, 0.25) is 0 Å². The van der Waals surface area contributed by atoms with Gasteiger partial charge in [0.25, 0.3) is 5.69 Å². The standard InChI is InChI=1S/C10H13ClN2O2/c1-2-4-8(11)7-9-10(13(14)15)5-3-6-12-9/h3,5-6,8H,2,4,7H2,1H3. The third-order valence-corrected chi connectivity index (χ3v) is 2.45. The molecule has 0 fully saturated rings. The van der Waals surface area contributed by atoms with E-state index in [1.165, 1.54) is 6.07 Å². The zero-order valence-electron chi connectivity index (χ0n) is 8.52. The molecule has 0 aliphatic carbocycles. The van der Waals surface area contributed by atoms with Crippen LogP contribution in [0.1, 0.15) is 25.5 Å². The van der Waals surface area contributed by atoms with E-state index in [1.807, 2.05) is 6.92 Å². The maximum atomic E-state index is 10.7. The number of hydrogen-bond donors (Lipinski definition) is 0. The number of nitro groups is 1. The molecule has 82 valence electrons. The van der Waals surface area contributed by atoms with Crippen molar-refractivity contribution in [3.63, 3.8) is 0 Å². The summed E-state index contributed by atoms with van der Waals surface area (Å²) >= 11 is 6.03. The van der Waals surface area contributed by atoms with Crippen LogP contribution in [0, 0.1) is 10.1 Å². The molecule has 0 aliphatic rings. The van der Waals surface area contributed by atoms with Crippen LogP contribution in [0.4, 0.5) is 5.69 Å². The molecule has 0 amide bonds. The Morgan fingerprint density at radius 2 is 2.40 bits per heavy atom. The third kappa shape index (κ3) is 3.47. The summed E-state index contributed by atoms with van der Waals surface area (Å²) in [7, 11) is 0. The molecule has 0 bridgehead atoms. The van der Waals surface area contributed by atoms with Gasteiger partial charge in [-0.3, -0.25) is 15.1 Å². The van der Waals surface area contributed by atoms with Gasteiger partial charge >= 0.3 is 0 Å². The number of alkyl halides is 1. The van der Waals surface area contributed by atoms with Crippen molar-refractivity contribution in [2.45, 2.75) is 31.6 Å². The Bertz CT molecular complexity index is 344. The van der Waals surface area contributed by atoms with Crippen molar-refractivity contribution < 1.29 is 4.92 Å². The van der Waals surface area contributed by atoms with Gasteiger partial charge in [-0.25, -0.2) is 0 Å². The van der Waals surface area contributed by atoms with Crippen LogP contribution in [-0.2, 0) is 6.42 Å². The molecule has 5 heteroatoms. The third-order valence-electron chi connectivity index (χ3n) is 2.08. The van der Waals surface area contributed by atoms with E-state index in [-0.39, 0.29) is 11.1 Å². The second-order valence-corrected chi connectivity index (χ2v) is 3.93. The number of rotatable bonds is 5. The van der Waals surface area contributed by atoms with E-state index in [0.29, 0.717) is 12.1 Å². The number of hydrogen-bond acceptors (Lipinski definition) is 3. The van der Waals surface area contributed by atoms with Crippen molar-refractivity contribution in [1.29, 1.82) is 0 Å². The van der Waals surface area contributed by atoms with Crippen LogP contribution in [0.5, 0.6) is 0 Å². The van der Waals surface area contributed by atoms with E-state index >= 15 is 0 Å². The lowest BCUT2D eigenvalue weighted by atomic mass is 10.1. The lowest BCUT2D eigenvalue weighted by molar-refractivity contribution is -0.385. The van der Waals surface area contributed by atoms with E-state index in [0.717, 1.165) is 12.8 Å². The minimum Gasteiger partial charge on any atom is -0.258 e. The van der Waals surface area contributed by atoms with Gasteiger partial charge in [0.1, 0.15) is 5.69 Å². The van der Waals surface area contributed by atoms with Gasteiger partial charge < -0.3 is 0 Å². The first-order valence-electron chi connectivity index (χ1n) is 4.87. The molecule has 4 nitrogen and oxygen atoms in total. The summed E-state index contributed by atoms with van der Waals surface area (Å²) in [5.74, 6) is 0. The molecular formula is C10H13ClN2O2. The molecule has 0 aromatic carbocycles. The summed E-state index contributed by atoms with van der Waals surface area (Å²) in [6.07, 6.45) is 3.81. The lowest BCUT2D eigenvalue weighted by Crippen LogP contribution is -2.07. The Kier molecular flexibility index (Phi) is 4.49. The normalized spacial score (nSPS) is 12.4. The van der Waals surface area contributed by atoms with Gasteiger partial charge in [-0.05, 0) is 12.5 Å². The average Bonchev–Trinajstić information content (AvgIpc) is 2.18. The molecule has 1 aromatic rings. The highest BCUT2D eigenvalue weighted by Gasteiger charge is 2.16. The SMILES string of the molecule is CCCC(Cl)Cc1ncccc1[N+](=O)[O-]. The fourth-order valence-corrected chi connectivity index (χ4v) is 1.74. The summed E-state index contributed by atoms with van der Waals surface area (Å²) in [5.41, 5.74) is 0.523. The smallest absolute Gasteiger partial charge is 0.258 e. The van der Waals surface area contributed by atoms with Gasteiger partial charge in [0.2, 0.25) is 0 Å².